The number of nitrogens with two attached hydrogens (primary N) is 1. The average molecular weight is 817 g/mol. The van der Waals surface area contributed by atoms with Crippen molar-refractivity contribution in [1.29, 1.82) is 0 Å². The van der Waals surface area contributed by atoms with Crippen molar-refractivity contribution < 1.29 is 28.8 Å². The molecule has 15 heteroatoms. The predicted molar refractivity (Wildman–Crippen MR) is 227 cm³/mol. The molecule has 2 aliphatic heterocycles. The summed E-state index contributed by atoms with van der Waals surface area (Å²) < 4.78 is -0.598. The topological polar surface area (TPSA) is 205 Å². The number of amides is 5. The molecule has 1 fully saturated rings. The van der Waals surface area contributed by atoms with Crippen LogP contribution in [0.25, 0.3) is 0 Å². The van der Waals surface area contributed by atoms with E-state index in [-0.39, 0.29) is 71.1 Å². The van der Waals surface area contributed by atoms with Gasteiger partial charge in [-0.05, 0) is 68.1 Å². The third-order valence-electron chi connectivity index (χ3n) is 10.9. The minimum Gasteiger partial charge on any atom is -0.384 e. The molecule has 9 N–H and O–H groups in total. The van der Waals surface area contributed by atoms with Gasteiger partial charge < -0.3 is 37.2 Å². The van der Waals surface area contributed by atoms with E-state index in [1.54, 1.807) is 11.8 Å². The molecule has 0 aromatic carbocycles. The number of carbonyl (C=O) groups excluding carboxylic acids is 5. The van der Waals surface area contributed by atoms with Gasteiger partial charge in [-0.1, -0.05) is 100.0 Å². The number of primary amides is 1. The standard InChI is InChI=1S/C42H72N8O6S/c1-13-26(10)34(36(43)51)48-40(55)35-42(11,12)57-41(49-35)33(25(8)9)47-37(52)30(19-27-20-44-29-17-15-14-16-28(27)29)45-39(54)32(24(6)7)46-38(53)31(18-22(2)3)50-56-21-23(4)5/h14-17,20,22-26,28-35,41,44,49-50H,13,18-19,21H2,1-12H3,(H2,43,51)(H,45,54)(H,46,53)(H,47,52)(H,48,55). The molecule has 57 heavy (non-hydrogen) atoms. The van der Waals surface area contributed by atoms with E-state index in [1.807, 2.05) is 101 Å². The minimum atomic E-state index is -0.979. The molecule has 3 rings (SSSR count). The predicted octanol–water partition coefficient (Wildman–Crippen LogP) is 3.16. The lowest BCUT2D eigenvalue weighted by molar-refractivity contribution is -0.135. The van der Waals surface area contributed by atoms with Crippen molar-refractivity contribution in [3.05, 3.63) is 36.1 Å². The van der Waals surface area contributed by atoms with E-state index >= 15 is 0 Å². The molecule has 14 nitrogen and oxygen atoms in total. The highest BCUT2D eigenvalue weighted by Gasteiger charge is 2.49. The third-order valence-corrected chi connectivity index (χ3v) is 12.4. The van der Waals surface area contributed by atoms with Crippen LogP contribution in [0.15, 0.2) is 36.1 Å². The van der Waals surface area contributed by atoms with Gasteiger partial charge in [-0.15, -0.1) is 11.8 Å². The monoisotopic (exact) mass is 817 g/mol. The van der Waals surface area contributed by atoms with Gasteiger partial charge in [0, 0.05) is 10.7 Å². The van der Waals surface area contributed by atoms with Gasteiger partial charge >= 0.3 is 0 Å². The van der Waals surface area contributed by atoms with Gasteiger partial charge in [0.2, 0.25) is 29.5 Å². The Balaban J connectivity index is 1.86. The molecule has 322 valence electrons. The van der Waals surface area contributed by atoms with E-state index in [0.717, 1.165) is 5.57 Å². The number of hydrogen-bond acceptors (Lipinski definition) is 10. The largest absolute Gasteiger partial charge is 0.384 e. The number of hydroxylamine groups is 1. The normalized spacial score (nSPS) is 24.2. The Morgan fingerprint density at radius 1 is 0.825 bits per heavy atom. The maximum atomic E-state index is 14.5. The Morgan fingerprint density at radius 2 is 1.47 bits per heavy atom. The van der Waals surface area contributed by atoms with Crippen LogP contribution in [0.5, 0.6) is 0 Å². The Kier molecular flexibility index (Phi) is 18.1. The maximum absolute atomic E-state index is 14.5. The van der Waals surface area contributed by atoms with Gasteiger partial charge in [-0.3, -0.25) is 29.3 Å². The Hall–Kier alpha value is -3.40. The lowest BCUT2D eigenvalue weighted by Gasteiger charge is -2.32. The molecule has 3 aliphatic rings. The van der Waals surface area contributed by atoms with Crippen molar-refractivity contribution >= 4 is 41.3 Å². The molecular formula is C42H72N8O6S. The number of allylic oxidation sites excluding steroid dienone is 2. The van der Waals surface area contributed by atoms with Crippen LogP contribution in [-0.4, -0.2) is 88.6 Å². The molecule has 0 bridgehead atoms. The summed E-state index contributed by atoms with van der Waals surface area (Å²) in [7, 11) is 0. The molecule has 0 aromatic rings. The van der Waals surface area contributed by atoms with Crippen molar-refractivity contribution in [2.24, 2.45) is 41.2 Å². The summed E-state index contributed by atoms with van der Waals surface area (Å²) in [4.78, 5) is 74.0. The second-order valence-electron chi connectivity index (χ2n) is 18.0. The number of carbonyl (C=O) groups is 5. The van der Waals surface area contributed by atoms with Crippen molar-refractivity contribution in [3.8, 4) is 0 Å². The quantitative estimate of drug-likeness (QED) is 0.0750. The molecule has 10 atom stereocenters. The Morgan fingerprint density at radius 3 is 2.05 bits per heavy atom. The highest BCUT2D eigenvalue weighted by atomic mass is 32.2. The molecule has 0 saturated carbocycles. The lowest BCUT2D eigenvalue weighted by atomic mass is 9.87. The summed E-state index contributed by atoms with van der Waals surface area (Å²) in [6, 6.07) is -4.46. The zero-order valence-electron chi connectivity index (χ0n) is 36.2. The Labute approximate surface area is 345 Å². The van der Waals surface area contributed by atoms with Gasteiger partial charge in [-0.2, -0.15) is 5.48 Å². The zero-order valence-corrected chi connectivity index (χ0v) is 37.0. The first-order valence-corrected chi connectivity index (χ1v) is 21.7. The number of hydrogen-bond donors (Lipinski definition) is 8. The van der Waals surface area contributed by atoms with E-state index in [1.165, 1.54) is 0 Å². The molecule has 5 amide bonds. The molecule has 2 heterocycles. The summed E-state index contributed by atoms with van der Waals surface area (Å²) >= 11 is 1.54. The number of fused-ring (bicyclic) bond motifs is 1. The maximum Gasteiger partial charge on any atom is 0.243 e. The van der Waals surface area contributed by atoms with Crippen molar-refractivity contribution in [1.82, 2.24) is 37.4 Å². The first kappa shape index (κ1) is 48.0. The minimum absolute atomic E-state index is 0.0178. The van der Waals surface area contributed by atoms with Gasteiger partial charge in [0.05, 0.1) is 24.1 Å². The highest BCUT2D eigenvalue weighted by Crippen LogP contribution is 2.40. The molecule has 0 aromatic heterocycles. The van der Waals surface area contributed by atoms with E-state index < -0.39 is 52.8 Å². The lowest BCUT2D eigenvalue weighted by Crippen LogP contribution is -2.61. The summed E-state index contributed by atoms with van der Waals surface area (Å²) in [5.74, 6) is -2.15. The van der Waals surface area contributed by atoms with Crippen LogP contribution in [0.3, 0.4) is 0 Å². The Bertz CT molecular complexity index is 1500. The second-order valence-corrected chi connectivity index (χ2v) is 19.8. The van der Waals surface area contributed by atoms with Gasteiger partial charge in [0.25, 0.3) is 0 Å². The molecule has 0 radical (unpaired) electrons. The fourth-order valence-corrected chi connectivity index (χ4v) is 8.99. The zero-order chi connectivity index (χ0) is 42.8. The number of rotatable bonds is 22. The third kappa shape index (κ3) is 13.6. The van der Waals surface area contributed by atoms with Crippen LogP contribution in [-0.2, 0) is 28.8 Å². The van der Waals surface area contributed by atoms with Crippen LogP contribution >= 0.6 is 11.8 Å². The smallest absolute Gasteiger partial charge is 0.243 e. The van der Waals surface area contributed by atoms with E-state index in [2.05, 4.69) is 49.5 Å². The fraction of sp³-hybridized carbons (Fsp3) is 0.738. The van der Waals surface area contributed by atoms with Crippen LogP contribution < -0.4 is 43.1 Å². The summed E-state index contributed by atoms with van der Waals surface area (Å²) in [5.41, 5.74) is 9.54. The number of thioether (sulfide) groups is 1. The van der Waals surface area contributed by atoms with E-state index in [4.69, 9.17) is 10.6 Å². The number of nitrogens with one attached hydrogen (secondary N) is 7. The average Bonchev–Trinajstić information content (AvgIpc) is 3.68. The van der Waals surface area contributed by atoms with Crippen LogP contribution in [0.4, 0.5) is 0 Å². The molecule has 0 spiro atoms. The highest BCUT2D eigenvalue weighted by molar-refractivity contribution is 8.01. The molecule has 1 saturated heterocycles. The first-order valence-electron chi connectivity index (χ1n) is 20.8. The van der Waals surface area contributed by atoms with Crippen molar-refractivity contribution in [2.45, 2.75) is 155 Å². The van der Waals surface area contributed by atoms with Crippen molar-refractivity contribution in [2.75, 3.05) is 6.61 Å². The van der Waals surface area contributed by atoms with Gasteiger partial charge in [0.15, 0.2) is 0 Å². The summed E-state index contributed by atoms with van der Waals surface area (Å²) in [6.45, 7) is 23.9. The SMILES string of the molecule is CCC(C)C(NC(=O)C1NC(C(NC(=O)C(CC2=CNC3C=CC=CC23)NC(=O)C(NC(=O)C(CC(C)C)NOCC(C)C)C(C)C)C(C)C)SC1(C)C)C(N)=O. The fourth-order valence-electron chi connectivity index (χ4n) is 7.29. The van der Waals surface area contributed by atoms with Crippen LogP contribution in [0.2, 0.25) is 0 Å². The first-order chi connectivity index (χ1) is 26.7. The van der Waals surface area contributed by atoms with Crippen LogP contribution in [0, 0.1) is 35.5 Å². The second kappa shape index (κ2) is 21.6. The molecule has 1 aliphatic carbocycles. The summed E-state index contributed by atoms with van der Waals surface area (Å²) in [6.07, 6.45) is 11.4. The van der Waals surface area contributed by atoms with Gasteiger partial charge in [0.1, 0.15) is 30.2 Å². The van der Waals surface area contributed by atoms with Crippen molar-refractivity contribution in [3.63, 3.8) is 0 Å². The van der Waals surface area contributed by atoms with Crippen LogP contribution in [0.1, 0.15) is 102 Å². The van der Waals surface area contributed by atoms with Gasteiger partial charge in [-0.25, -0.2) is 0 Å². The molecule has 10 unspecified atom stereocenters. The van der Waals surface area contributed by atoms with E-state index in [9.17, 15) is 24.0 Å². The summed E-state index contributed by atoms with van der Waals surface area (Å²) in [5, 5.41) is 18.6. The molecular weight excluding hydrogens is 745 g/mol. The van der Waals surface area contributed by atoms with E-state index in [0.29, 0.717) is 19.4 Å².